The number of fused-ring (bicyclic) bond motifs is 5. The SMILES string of the molecule is c1cc(-c2ccc(N(c3ccc(-c4cccc(-c5cccc6ccccc56)c4)cc3)c3ccc(-n4c5ccccc5c5ccccc54)cc3)cc2)cc(-c2cccc3ccccc23)c1. The highest BCUT2D eigenvalue weighted by molar-refractivity contribution is 6.09. The zero-order valence-corrected chi connectivity index (χ0v) is 35.1. The summed E-state index contributed by atoms with van der Waals surface area (Å²) >= 11 is 0. The molecule has 2 heteroatoms. The van der Waals surface area contributed by atoms with E-state index in [0.29, 0.717) is 0 Å². The lowest BCUT2D eigenvalue weighted by molar-refractivity contribution is 1.17. The van der Waals surface area contributed by atoms with Crippen LogP contribution < -0.4 is 4.90 Å². The van der Waals surface area contributed by atoms with Crippen molar-refractivity contribution < 1.29 is 0 Å². The maximum Gasteiger partial charge on any atom is 0.0541 e. The summed E-state index contributed by atoms with van der Waals surface area (Å²) in [6, 6.07) is 92.6. The minimum Gasteiger partial charge on any atom is -0.311 e. The Balaban J connectivity index is 0.922. The Morgan fingerprint density at radius 2 is 0.609 bits per heavy atom. The minimum atomic E-state index is 1.08. The molecule has 0 fully saturated rings. The molecule has 0 amide bonds. The van der Waals surface area contributed by atoms with Crippen molar-refractivity contribution in [3.8, 4) is 50.2 Å². The lowest BCUT2D eigenvalue weighted by Crippen LogP contribution is -2.10. The molecule has 64 heavy (non-hydrogen) atoms. The van der Waals surface area contributed by atoms with E-state index in [-0.39, 0.29) is 0 Å². The Hall–Kier alpha value is -8.46. The monoisotopic (exact) mass is 814 g/mol. The quantitative estimate of drug-likeness (QED) is 0.148. The average molecular weight is 815 g/mol. The van der Waals surface area contributed by atoms with Crippen LogP contribution in [-0.4, -0.2) is 4.57 Å². The number of hydrogen-bond acceptors (Lipinski definition) is 1. The molecule has 12 aromatic rings. The molecular formula is C62H42N2. The second kappa shape index (κ2) is 15.8. The number of anilines is 3. The molecule has 12 rings (SSSR count). The number of hydrogen-bond donors (Lipinski definition) is 0. The van der Waals surface area contributed by atoms with Crippen LogP contribution in [0.1, 0.15) is 0 Å². The van der Waals surface area contributed by atoms with Crippen LogP contribution in [-0.2, 0) is 0 Å². The number of aromatic nitrogens is 1. The van der Waals surface area contributed by atoms with Gasteiger partial charge in [-0.2, -0.15) is 0 Å². The molecule has 0 atom stereocenters. The van der Waals surface area contributed by atoms with E-state index in [2.05, 4.69) is 264 Å². The van der Waals surface area contributed by atoms with Gasteiger partial charge in [0.15, 0.2) is 0 Å². The molecule has 300 valence electrons. The molecule has 0 radical (unpaired) electrons. The lowest BCUT2D eigenvalue weighted by Gasteiger charge is -2.26. The van der Waals surface area contributed by atoms with Gasteiger partial charge in [-0.1, -0.05) is 182 Å². The first-order valence-corrected chi connectivity index (χ1v) is 22.0. The predicted molar refractivity (Wildman–Crippen MR) is 272 cm³/mol. The third-order valence-corrected chi connectivity index (χ3v) is 12.8. The standard InChI is InChI=1S/C62H42N2/c1-3-21-55-45(13-1)15-11-25-57(55)49-19-9-17-47(41-49)43-29-33-51(34-30-43)63(53-37-39-54(40-38-53)64-61-27-7-5-23-59(61)60-24-6-8-28-62(60)64)52-35-31-44(32-36-52)48-18-10-20-50(42-48)58-26-12-16-46-14-2-4-22-56(46)58/h1-42H. The molecule has 2 nitrogen and oxygen atoms in total. The van der Waals surface area contributed by atoms with E-state index in [9.17, 15) is 0 Å². The fourth-order valence-electron chi connectivity index (χ4n) is 9.69. The maximum atomic E-state index is 2.38. The zero-order chi connectivity index (χ0) is 42.4. The topological polar surface area (TPSA) is 8.17 Å². The van der Waals surface area contributed by atoms with Crippen LogP contribution in [0.2, 0.25) is 0 Å². The molecule has 0 aliphatic carbocycles. The van der Waals surface area contributed by atoms with Gasteiger partial charge in [0.1, 0.15) is 0 Å². The van der Waals surface area contributed by atoms with Crippen LogP contribution >= 0.6 is 0 Å². The molecule has 11 aromatic carbocycles. The van der Waals surface area contributed by atoms with Gasteiger partial charge in [0.2, 0.25) is 0 Å². The Labute approximate surface area is 373 Å². The minimum absolute atomic E-state index is 1.08. The smallest absolute Gasteiger partial charge is 0.0541 e. The van der Waals surface area contributed by atoms with Crippen LogP contribution in [0.4, 0.5) is 17.1 Å². The molecule has 0 bridgehead atoms. The zero-order valence-electron chi connectivity index (χ0n) is 35.1. The molecule has 0 N–H and O–H groups in total. The van der Waals surface area contributed by atoms with Crippen molar-refractivity contribution in [3.05, 3.63) is 255 Å². The number of para-hydroxylation sites is 2. The Kier molecular flexibility index (Phi) is 9.20. The van der Waals surface area contributed by atoms with Gasteiger partial charge in [-0.3, -0.25) is 0 Å². The first-order chi connectivity index (χ1) is 31.7. The van der Waals surface area contributed by atoms with Crippen LogP contribution in [0.15, 0.2) is 255 Å². The fourth-order valence-corrected chi connectivity index (χ4v) is 9.69. The summed E-state index contributed by atoms with van der Waals surface area (Å²) < 4.78 is 2.38. The molecule has 0 saturated heterocycles. The molecule has 0 spiro atoms. The third-order valence-electron chi connectivity index (χ3n) is 12.8. The van der Waals surface area contributed by atoms with Crippen molar-refractivity contribution in [1.29, 1.82) is 0 Å². The highest BCUT2D eigenvalue weighted by Gasteiger charge is 2.17. The van der Waals surface area contributed by atoms with Gasteiger partial charge in [0.25, 0.3) is 0 Å². The van der Waals surface area contributed by atoms with E-state index in [1.165, 1.54) is 87.9 Å². The highest BCUT2D eigenvalue weighted by Crippen LogP contribution is 2.40. The fraction of sp³-hybridized carbons (Fsp3) is 0. The average Bonchev–Trinajstić information content (AvgIpc) is 3.71. The van der Waals surface area contributed by atoms with Crippen molar-refractivity contribution in [2.75, 3.05) is 4.90 Å². The summed E-state index contributed by atoms with van der Waals surface area (Å²) in [4.78, 5) is 2.36. The normalized spacial score (nSPS) is 11.4. The largest absolute Gasteiger partial charge is 0.311 e. The van der Waals surface area contributed by atoms with E-state index in [1.807, 2.05) is 0 Å². The van der Waals surface area contributed by atoms with Crippen molar-refractivity contribution >= 4 is 60.4 Å². The Bertz CT molecular complexity index is 3420. The molecule has 1 aromatic heterocycles. The molecule has 0 unspecified atom stereocenters. The van der Waals surface area contributed by atoms with Gasteiger partial charge in [-0.05, 0) is 139 Å². The summed E-state index contributed by atoms with van der Waals surface area (Å²) in [6.45, 7) is 0. The first kappa shape index (κ1) is 37.3. The van der Waals surface area contributed by atoms with Gasteiger partial charge < -0.3 is 9.47 Å². The maximum absolute atomic E-state index is 2.38. The summed E-state index contributed by atoms with van der Waals surface area (Å²) in [5, 5.41) is 7.55. The van der Waals surface area contributed by atoms with Gasteiger partial charge in [0, 0.05) is 33.5 Å². The van der Waals surface area contributed by atoms with Gasteiger partial charge in [0.05, 0.1) is 11.0 Å². The molecular weight excluding hydrogens is 773 g/mol. The van der Waals surface area contributed by atoms with Crippen molar-refractivity contribution in [1.82, 2.24) is 4.57 Å². The summed E-state index contributed by atoms with van der Waals surface area (Å²) in [5.74, 6) is 0. The van der Waals surface area contributed by atoms with Crippen LogP contribution in [0.5, 0.6) is 0 Å². The molecule has 0 aliphatic heterocycles. The van der Waals surface area contributed by atoms with Crippen molar-refractivity contribution in [2.24, 2.45) is 0 Å². The van der Waals surface area contributed by atoms with Crippen molar-refractivity contribution in [2.45, 2.75) is 0 Å². The Morgan fingerprint density at radius 3 is 1.08 bits per heavy atom. The van der Waals surface area contributed by atoms with Gasteiger partial charge >= 0.3 is 0 Å². The molecule has 0 aliphatic rings. The van der Waals surface area contributed by atoms with E-state index >= 15 is 0 Å². The second-order valence-corrected chi connectivity index (χ2v) is 16.5. The van der Waals surface area contributed by atoms with Gasteiger partial charge in [-0.15, -0.1) is 0 Å². The molecule has 1 heterocycles. The van der Waals surface area contributed by atoms with Crippen molar-refractivity contribution in [3.63, 3.8) is 0 Å². The van der Waals surface area contributed by atoms with E-state index < -0.39 is 0 Å². The van der Waals surface area contributed by atoms with Crippen LogP contribution in [0.25, 0.3) is 93.5 Å². The Morgan fingerprint density at radius 1 is 0.250 bits per heavy atom. The number of nitrogens with zero attached hydrogens (tertiary/aromatic N) is 2. The van der Waals surface area contributed by atoms with Gasteiger partial charge in [-0.25, -0.2) is 0 Å². The lowest BCUT2D eigenvalue weighted by atomic mass is 9.95. The van der Waals surface area contributed by atoms with E-state index in [0.717, 1.165) is 22.7 Å². The predicted octanol–water partition coefficient (Wildman–Crippen LogP) is 17.2. The summed E-state index contributed by atoms with van der Waals surface area (Å²) in [7, 11) is 0. The summed E-state index contributed by atoms with van der Waals surface area (Å²) in [6.07, 6.45) is 0. The molecule has 0 saturated carbocycles. The second-order valence-electron chi connectivity index (χ2n) is 16.5. The van der Waals surface area contributed by atoms with E-state index in [4.69, 9.17) is 0 Å². The van der Waals surface area contributed by atoms with Crippen LogP contribution in [0, 0.1) is 0 Å². The van der Waals surface area contributed by atoms with E-state index in [1.54, 1.807) is 0 Å². The van der Waals surface area contributed by atoms with Crippen LogP contribution in [0.3, 0.4) is 0 Å². The number of rotatable bonds is 8. The third kappa shape index (κ3) is 6.61. The first-order valence-electron chi connectivity index (χ1n) is 22.0. The number of benzene rings is 11. The highest BCUT2D eigenvalue weighted by atomic mass is 15.1. The summed E-state index contributed by atoms with van der Waals surface area (Å²) in [5.41, 5.74) is 16.4.